The van der Waals surface area contributed by atoms with E-state index in [2.05, 4.69) is 34.2 Å². The van der Waals surface area contributed by atoms with E-state index in [0.29, 0.717) is 11.3 Å². The molecule has 1 aliphatic rings. The Kier molecular flexibility index (Phi) is 4.22. The Bertz CT molecular complexity index is 397. The zero-order valence-electron chi connectivity index (χ0n) is 9.39. The van der Waals surface area contributed by atoms with Crippen molar-refractivity contribution in [3.8, 4) is 0 Å². The number of nitrogens with one attached hydrogen (secondary N) is 1. The Morgan fingerprint density at radius 1 is 1.56 bits per heavy atom. The molecule has 0 saturated carbocycles. The minimum Gasteiger partial charge on any atom is -0.312 e. The van der Waals surface area contributed by atoms with Crippen molar-refractivity contribution in [1.82, 2.24) is 5.32 Å². The van der Waals surface area contributed by atoms with Crippen molar-refractivity contribution in [1.29, 1.82) is 0 Å². The average Bonchev–Trinajstić information content (AvgIpc) is 2.27. The summed E-state index contributed by atoms with van der Waals surface area (Å²) in [4.78, 5) is 0. The van der Waals surface area contributed by atoms with Gasteiger partial charge < -0.3 is 5.32 Å². The van der Waals surface area contributed by atoms with E-state index >= 15 is 0 Å². The standard InChI is InChI=1S/C12H15BrClNS/c1-3-11-12(15-2)8-4-7(13)5-10(14)9(8)6-16-11/h4-5,11-12,15H,3,6H2,1-2H3. The van der Waals surface area contributed by atoms with Gasteiger partial charge in [-0.25, -0.2) is 0 Å². The van der Waals surface area contributed by atoms with Gasteiger partial charge in [-0.3, -0.25) is 0 Å². The summed E-state index contributed by atoms with van der Waals surface area (Å²) in [6, 6.07) is 4.60. The molecule has 1 N–H and O–H groups in total. The highest BCUT2D eigenvalue weighted by Crippen LogP contribution is 2.42. The Morgan fingerprint density at radius 3 is 2.94 bits per heavy atom. The molecule has 1 aromatic rings. The van der Waals surface area contributed by atoms with Gasteiger partial charge >= 0.3 is 0 Å². The lowest BCUT2D eigenvalue weighted by molar-refractivity contribution is 0.546. The van der Waals surface area contributed by atoms with Crippen molar-refractivity contribution in [2.24, 2.45) is 0 Å². The molecule has 0 fully saturated rings. The average molecular weight is 321 g/mol. The first-order chi connectivity index (χ1) is 7.67. The SMILES string of the molecule is CCC1SCc2c(Cl)cc(Br)cc2C1NC. The quantitative estimate of drug-likeness (QED) is 0.867. The molecule has 16 heavy (non-hydrogen) atoms. The van der Waals surface area contributed by atoms with Gasteiger partial charge in [-0.2, -0.15) is 11.8 Å². The minimum atomic E-state index is 0.411. The van der Waals surface area contributed by atoms with E-state index in [9.17, 15) is 0 Å². The van der Waals surface area contributed by atoms with Crippen LogP contribution in [-0.2, 0) is 5.75 Å². The predicted octanol–water partition coefficient (Wildman–Crippen LogP) is 4.39. The van der Waals surface area contributed by atoms with Crippen molar-refractivity contribution in [2.45, 2.75) is 30.4 Å². The maximum Gasteiger partial charge on any atom is 0.0460 e. The van der Waals surface area contributed by atoms with Gasteiger partial charge in [0.2, 0.25) is 0 Å². The van der Waals surface area contributed by atoms with Gasteiger partial charge in [-0.05, 0) is 36.7 Å². The first-order valence-corrected chi connectivity index (χ1v) is 7.66. The summed E-state index contributed by atoms with van der Waals surface area (Å²) in [5.41, 5.74) is 2.64. The van der Waals surface area contributed by atoms with Crippen molar-refractivity contribution >= 4 is 39.3 Å². The van der Waals surface area contributed by atoms with E-state index in [0.717, 1.165) is 15.2 Å². The number of thioether (sulfide) groups is 1. The zero-order chi connectivity index (χ0) is 11.7. The topological polar surface area (TPSA) is 12.0 Å². The van der Waals surface area contributed by atoms with E-state index in [1.807, 2.05) is 24.9 Å². The Labute approximate surface area is 114 Å². The lowest BCUT2D eigenvalue weighted by atomic mass is 9.96. The summed E-state index contributed by atoms with van der Waals surface area (Å²) in [7, 11) is 2.03. The minimum absolute atomic E-state index is 0.411. The van der Waals surface area contributed by atoms with Crippen LogP contribution < -0.4 is 5.32 Å². The second kappa shape index (κ2) is 5.30. The molecular formula is C12H15BrClNS. The van der Waals surface area contributed by atoms with Crippen molar-refractivity contribution in [3.05, 3.63) is 32.8 Å². The Morgan fingerprint density at radius 2 is 2.31 bits per heavy atom. The summed E-state index contributed by atoms with van der Waals surface area (Å²) in [6.07, 6.45) is 1.18. The third-order valence-corrected chi connectivity index (χ3v) is 5.34. The predicted molar refractivity (Wildman–Crippen MR) is 76.3 cm³/mol. The molecular weight excluding hydrogens is 306 g/mol. The van der Waals surface area contributed by atoms with E-state index in [-0.39, 0.29) is 0 Å². The van der Waals surface area contributed by atoms with Crippen LogP contribution in [0.3, 0.4) is 0 Å². The fraction of sp³-hybridized carbons (Fsp3) is 0.500. The monoisotopic (exact) mass is 319 g/mol. The highest BCUT2D eigenvalue weighted by Gasteiger charge is 2.29. The van der Waals surface area contributed by atoms with Gasteiger partial charge in [0, 0.05) is 26.5 Å². The summed E-state index contributed by atoms with van der Waals surface area (Å²) >= 11 is 11.8. The molecule has 1 nitrogen and oxygen atoms in total. The molecule has 0 radical (unpaired) electrons. The summed E-state index contributed by atoms with van der Waals surface area (Å²) in [6.45, 7) is 2.24. The molecule has 0 bridgehead atoms. The molecule has 88 valence electrons. The van der Waals surface area contributed by atoms with Crippen LogP contribution in [0.5, 0.6) is 0 Å². The molecule has 0 saturated heterocycles. The molecule has 1 aliphatic heterocycles. The van der Waals surface area contributed by atoms with Crippen LogP contribution in [0, 0.1) is 0 Å². The lowest BCUT2D eigenvalue weighted by Gasteiger charge is -2.33. The van der Waals surface area contributed by atoms with Gasteiger partial charge in [0.15, 0.2) is 0 Å². The van der Waals surface area contributed by atoms with Crippen LogP contribution in [0.15, 0.2) is 16.6 Å². The fourth-order valence-corrected chi connectivity index (χ4v) is 4.63. The van der Waals surface area contributed by atoms with E-state index in [1.54, 1.807) is 0 Å². The number of benzene rings is 1. The van der Waals surface area contributed by atoms with Crippen LogP contribution in [0.4, 0.5) is 0 Å². The molecule has 0 aromatic heterocycles. The number of halogens is 2. The molecule has 4 heteroatoms. The summed E-state index contributed by atoms with van der Waals surface area (Å²) in [5.74, 6) is 1.03. The van der Waals surface area contributed by atoms with Crippen LogP contribution in [-0.4, -0.2) is 12.3 Å². The van der Waals surface area contributed by atoms with Gasteiger partial charge in [0.1, 0.15) is 0 Å². The third kappa shape index (κ3) is 2.28. The Hall–Kier alpha value is 0.300. The highest BCUT2D eigenvalue weighted by atomic mass is 79.9. The number of hydrogen-bond donors (Lipinski definition) is 1. The van der Waals surface area contributed by atoms with Gasteiger partial charge in [0.25, 0.3) is 0 Å². The molecule has 2 atom stereocenters. The lowest BCUT2D eigenvalue weighted by Crippen LogP contribution is -2.30. The van der Waals surface area contributed by atoms with Gasteiger partial charge in [-0.1, -0.05) is 34.5 Å². The smallest absolute Gasteiger partial charge is 0.0460 e. The fourth-order valence-electron chi connectivity index (χ4n) is 2.23. The van der Waals surface area contributed by atoms with Crippen molar-refractivity contribution in [3.63, 3.8) is 0 Å². The van der Waals surface area contributed by atoms with Crippen LogP contribution >= 0.6 is 39.3 Å². The van der Waals surface area contributed by atoms with Gasteiger partial charge in [0.05, 0.1) is 0 Å². The van der Waals surface area contributed by atoms with Gasteiger partial charge in [-0.15, -0.1) is 0 Å². The van der Waals surface area contributed by atoms with E-state index in [4.69, 9.17) is 11.6 Å². The molecule has 2 rings (SSSR count). The number of rotatable bonds is 2. The zero-order valence-corrected chi connectivity index (χ0v) is 12.5. The largest absolute Gasteiger partial charge is 0.312 e. The molecule has 0 spiro atoms. The van der Waals surface area contributed by atoms with Crippen LogP contribution in [0.25, 0.3) is 0 Å². The first-order valence-electron chi connectivity index (χ1n) is 5.44. The summed E-state index contributed by atoms with van der Waals surface area (Å²) in [5, 5.41) is 4.94. The number of fused-ring (bicyclic) bond motifs is 1. The van der Waals surface area contributed by atoms with Crippen molar-refractivity contribution in [2.75, 3.05) is 7.05 Å². The van der Waals surface area contributed by atoms with E-state index in [1.165, 1.54) is 17.5 Å². The molecule has 0 amide bonds. The first kappa shape index (κ1) is 12.7. The molecule has 1 heterocycles. The molecule has 1 aromatic carbocycles. The third-order valence-electron chi connectivity index (χ3n) is 3.06. The van der Waals surface area contributed by atoms with Crippen LogP contribution in [0.1, 0.15) is 30.5 Å². The second-order valence-corrected chi connectivity index (χ2v) is 6.53. The van der Waals surface area contributed by atoms with Crippen molar-refractivity contribution < 1.29 is 0 Å². The second-order valence-electron chi connectivity index (χ2n) is 3.98. The van der Waals surface area contributed by atoms with Crippen LogP contribution in [0.2, 0.25) is 5.02 Å². The number of hydrogen-bond acceptors (Lipinski definition) is 2. The van der Waals surface area contributed by atoms with E-state index < -0.39 is 0 Å². The maximum absolute atomic E-state index is 6.29. The maximum atomic E-state index is 6.29. The molecule has 0 aliphatic carbocycles. The molecule has 2 unspecified atom stereocenters. The summed E-state index contributed by atoms with van der Waals surface area (Å²) < 4.78 is 1.07. The normalized spacial score (nSPS) is 24.2. The Balaban J connectivity index is 2.47. The highest BCUT2D eigenvalue weighted by molar-refractivity contribution is 9.10.